The van der Waals surface area contributed by atoms with Crippen LogP contribution in [-0.2, 0) is 0 Å². The molecule has 2 unspecified atom stereocenters. The monoisotopic (exact) mass is 294 g/mol. The zero-order valence-electron chi connectivity index (χ0n) is 12.2. The second-order valence-corrected chi connectivity index (χ2v) is 8.20. The maximum atomic E-state index is 6.66. The topological polar surface area (TPSA) is 0 Å². The van der Waals surface area contributed by atoms with E-state index in [1.165, 1.54) is 22.1 Å². The number of alkyl halides is 1. The van der Waals surface area contributed by atoms with Crippen molar-refractivity contribution in [2.75, 3.05) is 0 Å². The van der Waals surface area contributed by atoms with Crippen LogP contribution in [0.4, 0.5) is 0 Å². The maximum Gasteiger partial charge on any atom is 0.0602 e. The molecule has 0 nitrogen and oxygen atoms in total. The van der Waals surface area contributed by atoms with E-state index in [9.17, 15) is 0 Å². The second-order valence-electron chi connectivity index (χ2n) is 6.76. The summed E-state index contributed by atoms with van der Waals surface area (Å²) in [7, 11) is 0. The molecule has 0 aliphatic carbocycles. The molecule has 2 atom stereocenters. The van der Waals surface area contributed by atoms with Crippen molar-refractivity contribution in [3.8, 4) is 0 Å². The molecular formula is C17H23ClS. The molecule has 1 aromatic heterocycles. The Labute approximate surface area is 125 Å². The van der Waals surface area contributed by atoms with E-state index in [-0.39, 0.29) is 5.38 Å². The molecule has 1 aromatic carbocycles. The van der Waals surface area contributed by atoms with Gasteiger partial charge >= 0.3 is 0 Å². The third kappa shape index (κ3) is 3.97. The first-order valence-electron chi connectivity index (χ1n) is 6.97. The van der Waals surface area contributed by atoms with E-state index in [1.807, 2.05) is 0 Å². The van der Waals surface area contributed by atoms with Gasteiger partial charge in [-0.2, -0.15) is 0 Å². The highest BCUT2D eigenvalue weighted by Gasteiger charge is 2.20. The first-order valence-corrected chi connectivity index (χ1v) is 8.28. The van der Waals surface area contributed by atoms with Gasteiger partial charge in [0.15, 0.2) is 0 Å². The van der Waals surface area contributed by atoms with Crippen LogP contribution in [0.15, 0.2) is 29.6 Å². The largest absolute Gasteiger partial charge is 0.143 e. The van der Waals surface area contributed by atoms with Crippen LogP contribution in [0, 0.1) is 11.3 Å². The van der Waals surface area contributed by atoms with E-state index in [1.54, 1.807) is 11.3 Å². The van der Waals surface area contributed by atoms with Crippen LogP contribution in [-0.4, -0.2) is 0 Å². The van der Waals surface area contributed by atoms with Crippen molar-refractivity contribution < 1.29 is 0 Å². The molecule has 0 aliphatic rings. The van der Waals surface area contributed by atoms with Crippen LogP contribution in [0.2, 0.25) is 0 Å². The lowest BCUT2D eigenvalue weighted by Gasteiger charge is -2.24. The van der Waals surface area contributed by atoms with Crippen molar-refractivity contribution >= 4 is 33.0 Å². The molecule has 0 bridgehead atoms. The predicted molar refractivity (Wildman–Crippen MR) is 88.3 cm³/mol. The van der Waals surface area contributed by atoms with Gasteiger partial charge in [0.25, 0.3) is 0 Å². The zero-order chi connectivity index (χ0) is 14.0. The predicted octanol–water partition coefficient (Wildman–Crippen LogP) is 6.64. The molecule has 0 saturated carbocycles. The molecule has 0 spiro atoms. The summed E-state index contributed by atoms with van der Waals surface area (Å²) >= 11 is 8.45. The second kappa shape index (κ2) is 5.85. The fourth-order valence-corrected chi connectivity index (χ4v) is 4.42. The molecule has 2 heteroatoms. The van der Waals surface area contributed by atoms with Gasteiger partial charge in [-0.25, -0.2) is 0 Å². The summed E-state index contributed by atoms with van der Waals surface area (Å²) in [5.74, 6) is 0.654. The number of hydrogen-bond acceptors (Lipinski definition) is 1. The summed E-state index contributed by atoms with van der Waals surface area (Å²) < 4.78 is 1.34. The Morgan fingerprint density at radius 1 is 1.21 bits per heavy atom. The summed E-state index contributed by atoms with van der Waals surface area (Å²) in [5.41, 5.74) is 1.69. The van der Waals surface area contributed by atoms with Gasteiger partial charge in [0.05, 0.1) is 5.38 Å². The molecule has 2 aromatic rings. The van der Waals surface area contributed by atoms with E-state index in [0.29, 0.717) is 11.3 Å². The maximum absolute atomic E-state index is 6.66. The number of thiophene rings is 1. The summed E-state index contributed by atoms with van der Waals surface area (Å²) in [6, 6.07) is 8.55. The van der Waals surface area contributed by atoms with Gasteiger partial charge in [-0.1, -0.05) is 45.9 Å². The SMILES string of the molecule is CC(CC(Cl)c1csc2ccccc12)CC(C)(C)C. The van der Waals surface area contributed by atoms with Gasteiger partial charge in [0.1, 0.15) is 0 Å². The van der Waals surface area contributed by atoms with Crippen molar-refractivity contribution in [1.82, 2.24) is 0 Å². The highest BCUT2D eigenvalue weighted by molar-refractivity contribution is 7.17. The Morgan fingerprint density at radius 3 is 2.58 bits per heavy atom. The van der Waals surface area contributed by atoms with E-state index < -0.39 is 0 Å². The summed E-state index contributed by atoms with van der Waals surface area (Å²) in [5, 5.41) is 3.69. The van der Waals surface area contributed by atoms with E-state index in [0.717, 1.165) is 6.42 Å². The van der Waals surface area contributed by atoms with Gasteiger partial charge in [0, 0.05) is 4.70 Å². The molecule has 0 saturated heterocycles. The Kier molecular flexibility index (Phi) is 4.58. The zero-order valence-corrected chi connectivity index (χ0v) is 13.8. The minimum atomic E-state index is 0.133. The van der Waals surface area contributed by atoms with Gasteiger partial charge in [-0.05, 0) is 46.6 Å². The molecule has 0 fully saturated rings. The molecule has 0 aliphatic heterocycles. The van der Waals surface area contributed by atoms with Crippen molar-refractivity contribution in [1.29, 1.82) is 0 Å². The molecular weight excluding hydrogens is 272 g/mol. The summed E-state index contributed by atoms with van der Waals surface area (Å²) in [6.07, 6.45) is 2.28. The van der Waals surface area contributed by atoms with E-state index in [4.69, 9.17) is 11.6 Å². The van der Waals surface area contributed by atoms with Crippen molar-refractivity contribution in [3.05, 3.63) is 35.2 Å². The lowest BCUT2D eigenvalue weighted by Crippen LogP contribution is -2.12. The van der Waals surface area contributed by atoms with Crippen LogP contribution in [0.5, 0.6) is 0 Å². The first-order chi connectivity index (χ1) is 8.87. The normalized spacial score (nSPS) is 15.6. The Bertz CT molecular complexity index is 535. The van der Waals surface area contributed by atoms with Crippen molar-refractivity contribution in [3.63, 3.8) is 0 Å². The van der Waals surface area contributed by atoms with Gasteiger partial charge < -0.3 is 0 Å². The number of fused-ring (bicyclic) bond motifs is 1. The highest BCUT2D eigenvalue weighted by atomic mass is 35.5. The van der Waals surface area contributed by atoms with Crippen LogP contribution >= 0.6 is 22.9 Å². The van der Waals surface area contributed by atoms with Crippen LogP contribution < -0.4 is 0 Å². The first kappa shape index (κ1) is 14.9. The quantitative estimate of drug-likeness (QED) is 0.554. The lowest BCUT2D eigenvalue weighted by molar-refractivity contribution is 0.295. The summed E-state index contributed by atoms with van der Waals surface area (Å²) in [4.78, 5) is 0. The molecule has 2 rings (SSSR count). The Morgan fingerprint density at radius 2 is 1.89 bits per heavy atom. The third-order valence-electron chi connectivity index (χ3n) is 3.42. The third-order valence-corrected chi connectivity index (χ3v) is 4.81. The number of hydrogen-bond donors (Lipinski definition) is 0. The summed E-state index contributed by atoms with van der Waals surface area (Å²) in [6.45, 7) is 9.21. The van der Waals surface area contributed by atoms with E-state index >= 15 is 0 Å². The van der Waals surface area contributed by atoms with Crippen LogP contribution in [0.3, 0.4) is 0 Å². The van der Waals surface area contributed by atoms with Crippen LogP contribution in [0.1, 0.15) is 51.5 Å². The highest BCUT2D eigenvalue weighted by Crippen LogP contribution is 2.38. The van der Waals surface area contributed by atoms with Gasteiger partial charge in [-0.3, -0.25) is 0 Å². The smallest absolute Gasteiger partial charge is 0.0602 e. The average Bonchev–Trinajstić information content (AvgIpc) is 2.69. The average molecular weight is 295 g/mol. The Hall–Kier alpha value is -0.530. The fourth-order valence-electron chi connectivity index (χ4n) is 2.85. The minimum absolute atomic E-state index is 0.133. The number of benzene rings is 1. The van der Waals surface area contributed by atoms with Gasteiger partial charge in [-0.15, -0.1) is 22.9 Å². The lowest BCUT2D eigenvalue weighted by atomic mass is 9.83. The molecule has 19 heavy (non-hydrogen) atoms. The minimum Gasteiger partial charge on any atom is -0.143 e. The molecule has 0 N–H and O–H groups in total. The fraction of sp³-hybridized carbons (Fsp3) is 0.529. The van der Waals surface area contributed by atoms with Crippen molar-refractivity contribution in [2.45, 2.75) is 45.9 Å². The van der Waals surface area contributed by atoms with Crippen LogP contribution in [0.25, 0.3) is 10.1 Å². The molecule has 104 valence electrons. The standard InChI is InChI=1S/C17H23ClS/c1-12(10-17(2,3)4)9-15(18)14-11-19-16-8-6-5-7-13(14)16/h5-8,11-12,15H,9-10H2,1-4H3. The molecule has 0 radical (unpaired) electrons. The number of halogens is 1. The van der Waals surface area contributed by atoms with E-state index in [2.05, 4.69) is 57.3 Å². The molecule has 0 amide bonds. The van der Waals surface area contributed by atoms with Crippen molar-refractivity contribution in [2.24, 2.45) is 11.3 Å². The molecule has 1 heterocycles. The number of rotatable bonds is 4. The Balaban J connectivity index is 2.10. The van der Waals surface area contributed by atoms with Gasteiger partial charge in [0.2, 0.25) is 0 Å².